The summed E-state index contributed by atoms with van der Waals surface area (Å²) in [5.41, 5.74) is 0.940. The summed E-state index contributed by atoms with van der Waals surface area (Å²) in [5.74, 6) is 0.0484. The zero-order valence-electron chi connectivity index (χ0n) is 19.0. The Bertz CT molecular complexity index is 1490. The van der Waals surface area contributed by atoms with Crippen LogP contribution in [0, 0.1) is 5.92 Å². The number of carbonyl (C=O) groups is 2. The Morgan fingerprint density at radius 3 is 2.61 bits per heavy atom. The van der Waals surface area contributed by atoms with E-state index in [1.165, 1.54) is 6.07 Å². The fraction of sp³-hybridized carbons (Fsp3) is 0.250. The lowest BCUT2D eigenvalue weighted by molar-refractivity contribution is -0.115. The van der Waals surface area contributed by atoms with E-state index < -0.39 is 21.2 Å². The van der Waals surface area contributed by atoms with Crippen LogP contribution >= 0.6 is 11.8 Å². The number of rotatable bonds is 6. The molecule has 1 saturated heterocycles. The third-order valence-electron chi connectivity index (χ3n) is 5.99. The number of para-hydroxylation sites is 1. The maximum atomic E-state index is 12.9. The molecule has 1 aromatic carbocycles. The molecular formula is C24H22N6O4S2. The number of nitrogens with one attached hydrogen (secondary N) is 2. The highest BCUT2D eigenvalue weighted by molar-refractivity contribution is 8.18. The number of pyridine rings is 1. The van der Waals surface area contributed by atoms with Gasteiger partial charge in [0, 0.05) is 30.0 Å². The first kappa shape index (κ1) is 24.1. The number of carbonyl (C=O) groups excluding carboxylic acids is 2. The number of hydrogen-bond donors (Lipinski definition) is 2. The fourth-order valence-corrected chi connectivity index (χ4v) is 5.96. The first-order valence-electron chi connectivity index (χ1n) is 11.4. The minimum Gasteiger partial charge on any atom is -0.351 e. The van der Waals surface area contributed by atoms with Gasteiger partial charge in [-0.15, -0.1) is 0 Å². The molecule has 10 nitrogen and oxygen atoms in total. The first-order valence-corrected chi connectivity index (χ1v) is 13.6. The van der Waals surface area contributed by atoms with Crippen molar-refractivity contribution in [2.24, 2.45) is 10.3 Å². The minimum absolute atomic E-state index is 0.0492. The second kappa shape index (κ2) is 10.2. The van der Waals surface area contributed by atoms with Gasteiger partial charge in [0.15, 0.2) is 0 Å². The molecule has 12 heteroatoms. The van der Waals surface area contributed by atoms with Gasteiger partial charge in [-0.2, -0.15) is 12.8 Å². The summed E-state index contributed by atoms with van der Waals surface area (Å²) in [6, 6.07) is 10.4. The molecule has 36 heavy (non-hydrogen) atoms. The molecule has 1 aliphatic heterocycles. The third-order valence-corrected chi connectivity index (χ3v) is 8.08. The topological polar surface area (TPSA) is 143 Å². The van der Waals surface area contributed by atoms with Crippen molar-refractivity contribution in [3.05, 3.63) is 59.4 Å². The van der Waals surface area contributed by atoms with Crippen molar-refractivity contribution in [3.8, 4) is 0 Å². The van der Waals surface area contributed by atoms with Gasteiger partial charge in [0.2, 0.25) is 5.95 Å². The first-order chi connectivity index (χ1) is 17.4. The lowest BCUT2D eigenvalue weighted by Gasteiger charge is -2.27. The normalized spacial score (nSPS) is 21.8. The summed E-state index contributed by atoms with van der Waals surface area (Å²) in [5, 5.41) is 5.87. The SMILES string of the molecule is O=C1NC(=O)/C(=C/c2ccnc(NC3CCC(/C=N/S(=O)(=O)c4cccc5cccnc45)CC3)n2)S1. The van der Waals surface area contributed by atoms with E-state index in [0.29, 0.717) is 22.1 Å². The second-order valence-corrected chi connectivity index (χ2v) is 11.1. The van der Waals surface area contributed by atoms with Crippen LogP contribution in [0.25, 0.3) is 17.0 Å². The molecule has 1 aliphatic carbocycles. The standard InChI is InChI=1S/C24H22N6O4S2/c31-22-19(35-24(32)30-22)13-18-10-12-26-23(29-18)28-17-8-6-15(7-9-17)14-27-36(33,34)20-5-1-3-16-4-2-11-25-21(16)20/h1-5,10-15,17H,6-9H2,(H,26,28,29)(H,30,31,32)/b19-13-,27-14+. The zero-order chi connectivity index (χ0) is 25.1. The third kappa shape index (κ3) is 5.44. The Kier molecular flexibility index (Phi) is 6.79. The van der Waals surface area contributed by atoms with Gasteiger partial charge in [0.1, 0.15) is 4.90 Å². The van der Waals surface area contributed by atoms with Crippen LogP contribution in [0.1, 0.15) is 31.4 Å². The highest BCUT2D eigenvalue weighted by Gasteiger charge is 2.26. The molecule has 2 fully saturated rings. The number of imide groups is 1. The van der Waals surface area contributed by atoms with Gasteiger partial charge in [-0.25, -0.2) is 9.97 Å². The van der Waals surface area contributed by atoms with E-state index in [0.717, 1.165) is 42.8 Å². The molecule has 0 bridgehead atoms. The molecule has 2 aromatic heterocycles. The number of sulfonamides is 1. The fourth-order valence-electron chi connectivity index (χ4n) is 4.18. The van der Waals surface area contributed by atoms with Gasteiger partial charge in [-0.3, -0.25) is 19.9 Å². The van der Waals surface area contributed by atoms with Crippen molar-refractivity contribution in [1.29, 1.82) is 0 Å². The predicted octanol–water partition coefficient (Wildman–Crippen LogP) is 3.78. The quantitative estimate of drug-likeness (QED) is 0.365. The van der Waals surface area contributed by atoms with Gasteiger partial charge in [-0.05, 0) is 67.6 Å². The van der Waals surface area contributed by atoms with Crippen molar-refractivity contribution in [2.75, 3.05) is 5.32 Å². The number of hydrogen-bond acceptors (Lipinski definition) is 9. The Balaban J connectivity index is 1.19. The molecule has 184 valence electrons. The average molecular weight is 523 g/mol. The van der Waals surface area contributed by atoms with Gasteiger partial charge in [0.25, 0.3) is 21.2 Å². The number of aromatic nitrogens is 3. The lowest BCUT2D eigenvalue weighted by atomic mass is 9.87. The van der Waals surface area contributed by atoms with Crippen molar-refractivity contribution in [1.82, 2.24) is 20.3 Å². The Morgan fingerprint density at radius 1 is 1.03 bits per heavy atom. The smallest absolute Gasteiger partial charge is 0.290 e. The number of nitrogens with zero attached hydrogens (tertiary/aromatic N) is 4. The highest BCUT2D eigenvalue weighted by atomic mass is 32.2. The van der Waals surface area contributed by atoms with Crippen LogP contribution in [0.3, 0.4) is 0 Å². The Labute approximate surface area is 211 Å². The van der Waals surface area contributed by atoms with Gasteiger partial charge in [0.05, 0.1) is 16.1 Å². The van der Waals surface area contributed by atoms with Gasteiger partial charge in [-0.1, -0.05) is 18.2 Å². The maximum absolute atomic E-state index is 12.9. The van der Waals surface area contributed by atoms with Gasteiger partial charge >= 0.3 is 0 Å². The molecule has 2 amide bonds. The summed E-state index contributed by atoms with van der Waals surface area (Å²) in [6.07, 6.45) is 9.40. The number of amides is 2. The molecule has 0 atom stereocenters. The van der Waals surface area contributed by atoms with Crippen LogP contribution < -0.4 is 10.6 Å². The average Bonchev–Trinajstić information content (AvgIpc) is 3.19. The summed E-state index contributed by atoms with van der Waals surface area (Å²) in [7, 11) is -3.86. The number of thioether (sulfide) groups is 1. The Hall–Kier alpha value is -3.64. The summed E-state index contributed by atoms with van der Waals surface area (Å²) >= 11 is 0.838. The Morgan fingerprint density at radius 2 is 1.83 bits per heavy atom. The summed E-state index contributed by atoms with van der Waals surface area (Å²) < 4.78 is 29.7. The predicted molar refractivity (Wildman–Crippen MR) is 138 cm³/mol. The molecule has 0 unspecified atom stereocenters. The van der Waals surface area contributed by atoms with Gasteiger partial charge < -0.3 is 5.32 Å². The van der Waals surface area contributed by atoms with E-state index in [9.17, 15) is 18.0 Å². The van der Waals surface area contributed by atoms with Crippen molar-refractivity contribution < 1.29 is 18.0 Å². The van der Waals surface area contributed by atoms with Crippen LogP contribution in [0.4, 0.5) is 10.7 Å². The van der Waals surface area contributed by atoms with E-state index in [4.69, 9.17) is 0 Å². The van der Waals surface area contributed by atoms with Crippen LogP contribution in [-0.4, -0.2) is 46.8 Å². The molecular weight excluding hydrogens is 500 g/mol. The number of fused-ring (bicyclic) bond motifs is 1. The molecule has 3 aromatic rings. The second-order valence-electron chi connectivity index (χ2n) is 8.47. The van der Waals surface area contributed by atoms with E-state index in [1.54, 1.807) is 42.9 Å². The van der Waals surface area contributed by atoms with Crippen LogP contribution in [0.5, 0.6) is 0 Å². The van der Waals surface area contributed by atoms with Crippen molar-refractivity contribution in [3.63, 3.8) is 0 Å². The van der Waals surface area contributed by atoms with Crippen LogP contribution in [-0.2, 0) is 14.8 Å². The summed E-state index contributed by atoms with van der Waals surface area (Å²) in [4.78, 5) is 36.4. The van der Waals surface area contributed by atoms with E-state index in [-0.39, 0.29) is 16.9 Å². The highest BCUT2D eigenvalue weighted by Crippen LogP contribution is 2.28. The molecule has 0 spiro atoms. The van der Waals surface area contributed by atoms with E-state index in [1.807, 2.05) is 12.1 Å². The van der Waals surface area contributed by atoms with Crippen molar-refractivity contribution in [2.45, 2.75) is 36.6 Å². The molecule has 5 rings (SSSR count). The summed E-state index contributed by atoms with van der Waals surface area (Å²) in [6.45, 7) is 0. The monoisotopic (exact) mass is 522 g/mol. The molecule has 2 aliphatic rings. The van der Waals surface area contributed by atoms with E-state index >= 15 is 0 Å². The molecule has 0 radical (unpaired) electrons. The molecule has 3 heterocycles. The number of benzene rings is 1. The zero-order valence-corrected chi connectivity index (χ0v) is 20.6. The minimum atomic E-state index is -3.86. The number of anilines is 1. The van der Waals surface area contributed by atoms with Crippen molar-refractivity contribution >= 4 is 62.1 Å². The van der Waals surface area contributed by atoms with E-state index in [2.05, 4.69) is 30.0 Å². The maximum Gasteiger partial charge on any atom is 0.290 e. The lowest BCUT2D eigenvalue weighted by Crippen LogP contribution is -2.27. The van der Waals surface area contributed by atoms with Crippen LogP contribution in [0.2, 0.25) is 0 Å². The molecule has 2 N–H and O–H groups in total. The molecule has 1 saturated carbocycles. The largest absolute Gasteiger partial charge is 0.351 e. The van der Waals surface area contributed by atoms with Crippen LogP contribution in [0.15, 0.2) is 63.0 Å².